The van der Waals surface area contributed by atoms with Crippen LogP contribution in [0.5, 0.6) is 0 Å². The third-order valence-corrected chi connectivity index (χ3v) is 3.66. The molecule has 7 heteroatoms. The molecule has 1 aromatic heterocycles. The summed E-state index contributed by atoms with van der Waals surface area (Å²) >= 11 is 0. The van der Waals surface area contributed by atoms with Crippen LogP contribution in [0.4, 0.5) is 27.4 Å². The minimum Gasteiger partial charge on any atom is -0.378 e. The highest BCUT2D eigenvalue weighted by Gasteiger charge is 2.08. The first-order valence-corrected chi connectivity index (χ1v) is 7.94. The first-order chi connectivity index (χ1) is 12.5. The van der Waals surface area contributed by atoms with Gasteiger partial charge in [0.25, 0.3) is 5.91 Å². The average molecular weight is 351 g/mol. The summed E-state index contributed by atoms with van der Waals surface area (Å²) in [6.07, 6.45) is 2.87. The van der Waals surface area contributed by atoms with Crippen molar-refractivity contribution < 1.29 is 9.18 Å². The maximum Gasteiger partial charge on any atom is 0.258 e. The Morgan fingerprint density at radius 3 is 2.08 bits per heavy atom. The lowest BCUT2D eigenvalue weighted by molar-refractivity contribution is 0.102. The van der Waals surface area contributed by atoms with E-state index in [0.29, 0.717) is 17.2 Å². The predicted octanol–water partition coefficient (Wildman–Crippen LogP) is 3.68. The van der Waals surface area contributed by atoms with E-state index in [4.69, 9.17) is 0 Å². The topological polar surface area (TPSA) is 70.2 Å². The Morgan fingerprint density at radius 1 is 0.923 bits per heavy atom. The normalized spacial score (nSPS) is 10.3. The van der Waals surface area contributed by atoms with Crippen LogP contribution in [-0.2, 0) is 0 Å². The van der Waals surface area contributed by atoms with E-state index in [-0.39, 0.29) is 11.7 Å². The number of nitrogens with one attached hydrogen (secondary N) is 2. The Labute approximate surface area is 150 Å². The lowest BCUT2D eigenvalue weighted by Crippen LogP contribution is -2.13. The quantitative estimate of drug-likeness (QED) is 0.734. The van der Waals surface area contributed by atoms with Crippen LogP contribution >= 0.6 is 0 Å². The summed E-state index contributed by atoms with van der Waals surface area (Å²) in [5, 5.41) is 5.74. The van der Waals surface area contributed by atoms with Gasteiger partial charge in [-0.3, -0.25) is 4.79 Å². The Kier molecular flexibility index (Phi) is 5.07. The molecule has 2 aromatic carbocycles. The highest BCUT2D eigenvalue weighted by Crippen LogP contribution is 2.18. The molecule has 26 heavy (non-hydrogen) atoms. The largest absolute Gasteiger partial charge is 0.378 e. The number of aromatic nitrogens is 2. The minimum absolute atomic E-state index is 0.308. The summed E-state index contributed by atoms with van der Waals surface area (Å²) in [7, 11) is 3.95. The molecule has 0 aliphatic heterocycles. The first kappa shape index (κ1) is 17.3. The van der Waals surface area contributed by atoms with Gasteiger partial charge >= 0.3 is 0 Å². The molecule has 1 heterocycles. The summed E-state index contributed by atoms with van der Waals surface area (Å²) in [4.78, 5) is 22.5. The molecule has 0 saturated carbocycles. The van der Waals surface area contributed by atoms with Crippen LogP contribution in [-0.4, -0.2) is 30.0 Å². The van der Waals surface area contributed by atoms with Crippen LogP contribution in [0.1, 0.15) is 10.4 Å². The number of rotatable bonds is 5. The van der Waals surface area contributed by atoms with Crippen LogP contribution in [0.25, 0.3) is 0 Å². The third-order valence-electron chi connectivity index (χ3n) is 3.66. The first-order valence-electron chi connectivity index (χ1n) is 7.94. The highest BCUT2D eigenvalue weighted by molar-refractivity contribution is 6.03. The number of anilines is 4. The van der Waals surface area contributed by atoms with Gasteiger partial charge in [-0.15, -0.1) is 0 Å². The second-order valence-corrected chi connectivity index (χ2v) is 5.82. The molecule has 2 N–H and O–H groups in total. The number of carbonyl (C=O) groups is 1. The van der Waals surface area contributed by atoms with Crippen molar-refractivity contribution in [1.82, 2.24) is 9.97 Å². The number of hydrogen-bond acceptors (Lipinski definition) is 5. The molecule has 0 saturated heterocycles. The highest BCUT2D eigenvalue weighted by atomic mass is 19.1. The molecule has 0 aliphatic rings. The molecule has 132 valence electrons. The maximum atomic E-state index is 12.9. The van der Waals surface area contributed by atoms with Gasteiger partial charge in [0.05, 0.1) is 5.56 Å². The molecule has 0 unspecified atom stereocenters. The van der Waals surface area contributed by atoms with Gasteiger partial charge in [0.2, 0.25) is 5.95 Å². The van der Waals surface area contributed by atoms with Crippen molar-refractivity contribution >= 4 is 28.9 Å². The number of amides is 1. The Hall–Kier alpha value is -3.48. The van der Waals surface area contributed by atoms with Crippen LogP contribution in [0.3, 0.4) is 0 Å². The number of halogens is 1. The fraction of sp³-hybridized carbons (Fsp3) is 0.105. The van der Waals surface area contributed by atoms with Gasteiger partial charge in [0, 0.05) is 43.6 Å². The van der Waals surface area contributed by atoms with Gasteiger partial charge in [0.1, 0.15) is 5.82 Å². The van der Waals surface area contributed by atoms with Gasteiger partial charge in [-0.25, -0.2) is 14.4 Å². The number of carbonyl (C=O) groups excluding carboxylic acids is 1. The molecular formula is C19H18FN5O. The molecule has 3 rings (SSSR count). The van der Waals surface area contributed by atoms with E-state index in [9.17, 15) is 9.18 Å². The van der Waals surface area contributed by atoms with E-state index in [1.54, 1.807) is 0 Å². The average Bonchev–Trinajstić information content (AvgIpc) is 2.64. The van der Waals surface area contributed by atoms with E-state index in [2.05, 4.69) is 20.6 Å². The molecule has 0 atom stereocenters. The van der Waals surface area contributed by atoms with Gasteiger partial charge in [-0.2, -0.15) is 0 Å². The Morgan fingerprint density at radius 2 is 1.50 bits per heavy atom. The Balaban J connectivity index is 1.64. The van der Waals surface area contributed by atoms with Crippen LogP contribution < -0.4 is 15.5 Å². The lowest BCUT2D eigenvalue weighted by Gasteiger charge is -2.13. The van der Waals surface area contributed by atoms with Gasteiger partial charge in [-0.1, -0.05) is 0 Å². The smallest absolute Gasteiger partial charge is 0.258 e. The van der Waals surface area contributed by atoms with Crippen LogP contribution in [0.2, 0.25) is 0 Å². The zero-order chi connectivity index (χ0) is 18.5. The number of benzene rings is 2. The van der Waals surface area contributed by atoms with Crippen molar-refractivity contribution in [2.45, 2.75) is 0 Å². The van der Waals surface area contributed by atoms with E-state index in [1.165, 1.54) is 36.7 Å². The van der Waals surface area contributed by atoms with Crippen molar-refractivity contribution in [1.29, 1.82) is 0 Å². The molecule has 1 amide bonds. The lowest BCUT2D eigenvalue weighted by atomic mass is 10.2. The predicted molar refractivity (Wildman–Crippen MR) is 100 cm³/mol. The summed E-state index contributed by atoms with van der Waals surface area (Å²) in [5.74, 6) is -0.334. The fourth-order valence-corrected chi connectivity index (χ4v) is 2.22. The summed E-state index contributed by atoms with van der Waals surface area (Å²) in [6.45, 7) is 0. The summed E-state index contributed by atoms with van der Waals surface area (Å²) < 4.78 is 12.9. The summed E-state index contributed by atoms with van der Waals surface area (Å²) in [6, 6.07) is 13.3. The van der Waals surface area contributed by atoms with Crippen LogP contribution in [0, 0.1) is 5.82 Å². The number of hydrogen-bond donors (Lipinski definition) is 2. The van der Waals surface area contributed by atoms with Gasteiger partial charge in [-0.05, 0) is 48.5 Å². The van der Waals surface area contributed by atoms with Gasteiger partial charge < -0.3 is 15.5 Å². The third kappa shape index (κ3) is 4.32. The fourth-order valence-electron chi connectivity index (χ4n) is 2.22. The second-order valence-electron chi connectivity index (χ2n) is 5.82. The van der Waals surface area contributed by atoms with Crippen LogP contribution in [0.15, 0.2) is 60.9 Å². The molecule has 0 spiro atoms. The molecule has 0 fully saturated rings. The van der Waals surface area contributed by atoms with Crippen molar-refractivity contribution in [3.63, 3.8) is 0 Å². The van der Waals surface area contributed by atoms with E-state index >= 15 is 0 Å². The SMILES string of the molecule is CN(C)c1ccc(Nc2ncc(C(=O)Nc3ccc(F)cc3)cn2)cc1. The van der Waals surface area contributed by atoms with E-state index in [1.807, 2.05) is 43.3 Å². The standard InChI is InChI=1S/C19H18FN5O/c1-25(2)17-9-7-16(8-10-17)24-19-21-11-13(12-22-19)18(26)23-15-5-3-14(20)4-6-15/h3-12H,1-2H3,(H,23,26)(H,21,22,24). The van der Waals surface area contributed by atoms with Gasteiger partial charge in [0.15, 0.2) is 0 Å². The molecule has 0 radical (unpaired) electrons. The molecule has 3 aromatic rings. The zero-order valence-corrected chi connectivity index (χ0v) is 14.4. The van der Waals surface area contributed by atoms with E-state index < -0.39 is 0 Å². The molecule has 0 aliphatic carbocycles. The Bertz CT molecular complexity index is 877. The van der Waals surface area contributed by atoms with Crippen molar-refractivity contribution in [2.24, 2.45) is 0 Å². The monoisotopic (exact) mass is 351 g/mol. The van der Waals surface area contributed by atoms with Crippen molar-refractivity contribution in [2.75, 3.05) is 29.6 Å². The minimum atomic E-state index is -0.363. The molecule has 6 nitrogen and oxygen atoms in total. The zero-order valence-electron chi connectivity index (χ0n) is 14.4. The van der Waals surface area contributed by atoms with Crippen molar-refractivity contribution in [3.05, 3.63) is 72.3 Å². The maximum absolute atomic E-state index is 12.9. The molecular weight excluding hydrogens is 333 g/mol. The number of nitrogens with zero attached hydrogens (tertiary/aromatic N) is 3. The van der Waals surface area contributed by atoms with Crippen molar-refractivity contribution in [3.8, 4) is 0 Å². The second kappa shape index (κ2) is 7.60. The summed E-state index contributed by atoms with van der Waals surface area (Å²) in [5.41, 5.74) is 2.74. The molecule has 0 bridgehead atoms. The van der Waals surface area contributed by atoms with E-state index in [0.717, 1.165) is 11.4 Å².